The zero-order valence-electron chi connectivity index (χ0n) is 16.6. The van der Waals surface area contributed by atoms with E-state index in [1.807, 2.05) is 14.1 Å². The highest BCUT2D eigenvalue weighted by atomic mass is 32.2. The van der Waals surface area contributed by atoms with Gasteiger partial charge in [0.25, 0.3) is 5.91 Å². The number of nitrogens with zero attached hydrogens (tertiary/aromatic N) is 3. The predicted octanol–water partition coefficient (Wildman–Crippen LogP) is 1.43. The molecule has 1 aromatic carbocycles. The number of carbonyl (C=O) groups is 1. The molecule has 1 aliphatic rings. The van der Waals surface area contributed by atoms with Gasteiger partial charge < -0.3 is 19.7 Å². The van der Waals surface area contributed by atoms with Gasteiger partial charge in [-0.05, 0) is 30.3 Å². The van der Waals surface area contributed by atoms with Crippen molar-refractivity contribution in [3.8, 4) is 5.75 Å². The number of morpholine rings is 1. The van der Waals surface area contributed by atoms with Gasteiger partial charge in [0.05, 0.1) is 36.5 Å². The second-order valence-electron chi connectivity index (χ2n) is 6.60. The number of pyridine rings is 1. The summed E-state index contributed by atoms with van der Waals surface area (Å²) in [5.74, 6) is 0.368. The largest absolute Gasteiger partial charge is 0.496 e. The molecule has 1 aliphatic heterocycles. The zero-order valence-corrected chi connectivity index (χ0v) is 17.4. The Hall–Kier alpha value is -2.69. The van der Waals surface area contributed by atoms with Crippen molar-refractivity contribution in [3.05, 3.63) is 42.1 Å². The highest BCUT2D eigenvalue weighted by molar-refractivity contribution is 7.89. The van der Waals surface area contributed by atoms with Crippen LogP contribution < -0.4 is 15.0 Å². The Morgan fingerprint density at radius 2 is 1.97 bits per heavy atom. The first-order valence-corrected chi connectivity index (χ1v) is 10.5. The highest BCUT2D eigenvalue weighted by Crippen LogP contribution is 2.27. The van der Waals surface area contributed by atoms with Crippen molar-refractivity contribution in [1.29, 1.82) is 0 Å². The number of rotatable bonds is 6. The van der Waals surface area contributed by atoms with Gasteiger partial charge in [-0.15, -0.1) is 0 Å². The van der Waals surface area contributed by atoms with E-state index < -0.39 is 15.9 Å². The van der Waals surface area contributed by atoms with Crippen LogP contribution in [0.15, 0.2) is 41.4 Å². The van der Waals surface area contributed by atoms with E-state index in [-0.39, 0.29) is 29.3 Å². The third kappa shape index (κ3) is 4.50. The average Bonchev–Trinajstić information content (AvgIpc) is 2.74. The molecular formula is C19H24N4O5S. The lowest BCUT2D eigenvalue weighted by molar-refractivity contribution is 0.0730. The second kappa shape index (κ2) is 8.76. The molecule has 156 valence electrons. The van der Waals surface area contributed by atoms with Gasteiger partial charge >= 0.3 is 0 Å². The Kier molecular flexibility index (Phi) is 6.36. The quantitative estimate of drug-likeness (QED) is 0.754. The van der Waals surface area contributed by atoms with Crippen molar-refractivity contribution in [2.75, 3.05) is 57.7 Å². The summed E-state index contributed by atoms with van der Waals surface area (Å²) in [4.78, 5) is 19.0. The minimum atomic E-state index is -3.74. The van der Waals surface area contributed by atoms with Crippen LogP contribution in [0.25, 0.3) is 0 Å². The summed E-state index contributed by atoms with van der Waals surface area (Å²) in [6.45, 7) is 1.24. The van der Waals surface area contributed by atoms with Crippen LogP contribution in [0.3, 0.4) is 0 Å². The SMILES string of the molecule is COc1ccc(S(=O)(=O)N2CCOCC2)cc1C(=O)Nc1cccnc1N(C)C. The Labute approximate surface area is 170 Å². The van der Waals surface area contributed by atoms with E-state index >= 15 is 0 Å². The lowest BCUT2D eigenvalue weighted by atomic mass is 10.2. The molecule has 0 unspecified atom stereocenters. The standard InChI is InChI=1S/C19H24N4O5S/c1-22(2)18-16(5-4-8-20-18)21-19(24)15-13-14(6-7-17(15)27-3)29(25,26)23-9-11-28-12-10-23/h4-8,13H,9-12H2,1-3H3,(H,21,24). The van der Waals surface area contributed by atoms with E-state index in [0.717, 1.165) is 0 Å². The number of ether oxygens (including phenoxy) is 2. The van der Waals surface area contributed by atoms with Crippen molar-refractivity contribution in [2.45, 2.75) is 4.90 Å². The molecule has 0 aliphatic carbocycles. The van der Waals surface area contributed by atoms with Gasteiger partial charge in [-0.1, -0.05) is 0 Å². The maximum atomic E-state index is 13.0. The lowest BCUT2D eigenvalue weighted by Gasteiger charge is -2.26. The summed E-state index contributed by atoms with van der Waals surface area (Å²) in [6.07, 6.45) is 1.63. The van der Waals surface area contributed by atoms with Gasteiger partial charge in [0.2, 0.25) is 10.0 Å². The Bertz CT molecular complexity index is 988. The molecule has 1 N–H and O–H groups in total. The fourth-order valence-corrected chi connectivity index (χ4v) is 4.44. The van der Waals surface area contributed by atoms with Crippen molar-refractivity contribution in [1.82, 2.24) is 9.29 Å². The first kappa shape index (κ1) is 21.0. The first-order chi connectivity index (χ1) is 13.8. The van der Waals surface area contributed by atoms with E-state index in [2.05, 4.69) is 10.3 Å². The van der Waals surface area contributed by atoms with Crippen LogP contribution in [0.4, 0.5) is 11.5 Å². The smallest absolute Gasteiger partial charge is 0.259 e. The Morgan fingerprint density at radius 1 is 1.24 bits per heavy atom. The minimum absolute atomic E-state index is 0.0318. The molecule has 0 radical (unpaired) electrons. The highest BCUT2D eigenvalue weighted by Gasteiger charge is 2.28. The molecule has 29 heavy (non-hydrogen) atoms. The summed E-state index contributed by atoms with van der Waals surface area (Å²) >= 11 is 0. The molecule has 0 saturated carbocycles. The van der Waals surface area contributed by atoms with Gasteiger partial charge in [0.1, 0.15) is 5.75 Å². The molecule has 3 rings (SSSR count). The minimum Gasteiger partial charge on any atom is -0.496 e. The average molecular weight is 420 g/mol. The number of carbonyl (C=O) groups excluding carboxylic acids is 1. The van der Waals surface area contributed by atoms with Gasteiger partial charge in [-0.3, -0.25) is 4.79 Å². The molecule has 9 nitrogen and oxygen atoms in total. The molecule has 1 aromatic heterocycles. The van der Waals surface area contributed by atoms with Gasteiger partial charge in [0, 0.05) is 33.4 Å². The molecule has 2 aromatic rings. The van der Waals surface area contributed by atoms with E-state index in [1.165, 1.54) is 29.6 Å². The monoisotopic (exact) mass is 420 g/mol. The van der Waals surface area contributed by atoms with Crippen LogP contribution in [0.1, 0.15) is 10.4 Å². The summed E-state index contributed by atoms with van der Waals surface area (Å²) in [6, 6.07) is 7.69. The van der Waals surface area contributed by atoms with Crippen LogP contribution >= 0.6 is 0 Å². The molecule has 0 bridgehead atoms. The third-order valence-electron chi connectivity index (χ3n) is 4.48. The van der Waals surface area contributed by atoms with Crippen molar-refractivity contribution in [2.24, 2.45) is 0 Å². The number of amides is 1. The van der Waals surface area contributed by atoms with Crippen molar-refractivity contribution >= 4 is 27.4 Å². The summed E-state index contributed by atoms with van der Waals surface area (Å²) in [7, 11) is 1.32. The Balaban J connectivity index is 1.94. The van der Waals surface area contributed by atoms with E-state index in [4.69, 9.17) is 9.47 Å². The van der Waals surface area contributed by atoms with Gasteiger partial charge in [-0.25, -0.2) is 13.4 Å². The number of methoxy groups -OCH3 is 1. The second-order valence-corrected chi connectivity index (χ2v) is 8.54. The topological polar surface area (TPSA) is 101 Å². The number of nitrogens with one attached hydrogen (secondary N) is 1. The van der Waals surface area contributed by atoms with E-state index in [0.29, 0.717) is 24.7 Å². The molecule has 0 spiro atoms. The lowest BCUT2D eigenvalue weighted by Crippen LogP contribution is -2.40. The number of sulfonamides is 1. The van der Waals surface area contributed by atoms with Gasteiger partial charge in [-0.2, -0.15) is 4.31 Å². The number of anilines is 2. The first-order valence-electron chi connectivity index (χ1n) is 9.04. The van der Waals surface area contributed by atoms with Crippen molar-refractivity contribution < 1.29 is 22.7 Å². The van der Waals surface area contributed by atoms with Crippen LogP contribution in [-0.4, -0.2) is 71.1 Å². The number of aromatic nitrogens is 1. The molecular weight excluding hydrogens is 396 g/mol. The van der Waals surface area contributed by atoms with E-state index in [9.17, 15) is 13.2 Å². The summed E-state index contributed by atoms with van der Waals surface area (Å²) in [5, 5.41) is 2.79. The zero-order chi connectivity index (χ0) is 21.0. The molecule has 2 heterocycles. The predicted molar refractivity (Wildman–Crippen MR) is 109 cm³/mol. The van der Waals surface area contributed by atoms with E-state index in [1.54, 1.807) is 23.2 Å². The van der Waals surface area contributed by atoms with Gasteiger partial charge in [0.15, 0.2) is 5.82 Å². The van der Waals surface area contributed by atoms with Crippen LogP contribution in [0, 0.1) is 0 Å². The van der Waals surface area contributed by atoms with Crippen LogP contribution in [0.2, 0.25) is 0 Å². The fourth-order valence-electron chi connectivity index (χ4n) is 3.00. The molecule has 1 fully saturated rings. The summed E-state index contributed by atoms with van der Waals surface area (Å²) < 4.78 is 37.7. The molecule has 1 amide bonds. The molecule has 1 saturated heterocycles. The van der Waals surface area contributed by atoms with Crippen LogP contribution in [0.5, 0.6) is 5.75 Å². The normalized spacial score (nSPS) is 15.0. The number of benzene rings is 1. The summed E-state index contributed by atoms with van der Waals surface area (Å²) in [5.41, 5.74) is 0.626. The maximum Gasteiger partial charge on any atom is 0.259 e. The maximum absolute atomic E-state index is 13.0. The molecule has 0 atom stereocenters. The number of hydrogen-bond acceptors (Lipinski definition) is 7. The van der Waals surface area contributed by atoms with Crippen molar-refractivity contribution in [3.63, 3.8) is 0 Å². The number of hydrogen-bond donors (Lipinski definition) is 1. The Morgan fingerprint density at radius 3 is 2.62 bits per heavy atom. The van der Waals surface area contributed by atoms with Crippen LogP contribution in [-0.2, 0) is 14.8 Å². The third-order valence-corrected chi connectivity index (χ3v) is 6.38. The molecule has 10 heteroatoms. The fraction of sp³-hybridized carbons (Fsp3) is 0.368.